The maximum atomic E-state index is 12.4. The summed E-state index contributed by atoms with van der Waals surface area (Å²) in [4.78, 5) is 24.5. The lowest BCUT2D eigenvalue weighted by Crippen LogP contribution is -2.29. The lowest BCUT2D eigenvalue weighted by Gasteiger charge is -2.12. The first kappa shape index (κ1) is 17.6. The lowest BCUT2D eigenvalue weighted by molar-refractivity contribution is -0.117. The number of carbonyl (C=O) groups is 1. The highest BCUT2D eigenvalue weighted by atomic mass is 16.2. The van der Waals surface area contributed by atoms with Crippen molar-refractivity contribution in [3.05, 3.63) is 81.6 Å². The highest BCUT2D eigenvalue weighted by molar-refractivity contribution is 5.91. The maximum Gasteiger partial charge on any atom is 0.267 e. The molecule has 0 aliphatic carbocycles. The fourth-order valence-electron chi connectivity index (χ4n) is 2.78. The molecule has 1 amide bonds. The first-order valence-electron chi connectivity index (χ1n) is 8.46. The first-order valence-corrected chi connectivity index (χ1v) is 8.46. The van der Waals surface area contributed by atoms with Crippen molar-refractivity contribution in [2.75, 3.05) is 5.32 Å². The van der Waals surface area contributed by atoms with E-state index >= 15 is 0 Å². The predicted molar refractivity (Wildman–Crippen MR) is 103 cm³/mol. The molecule has 0 spiro atoms. The maximum absolute atomic E-state index is 12.4. The zero-order valence-corrected chi connectivity index (χ0v) is 15.1. The zero-order valence-electron chi connectivity index (χ0n) is 15.1. The van der Waals surface area contributed by atoms with Crippen LogP contribution in [0.4, 0.5) is 5.69 Å². The molecule has 1 aromatic heterocycles. The van der Waals surface area contributed by atoms with Crippen molar-refractivity contribution in [2.24, 2.45) is 0 Å². The lowest BCUT2D eigenvalue weighted by atomic mass is 10.1. The van der Waals surface area contributed by atoms with Crippen LogP contribution in [0.5, 0.6) is 0 Å². The van der Waals surface area contributed by atoms with E-state index in [1.54, 1.807) is 6.07 Å². The summed E-state index contributed by atoms with van der Waals surface area (Å²) in [5.41, 5.74) is 5.22. The van der Waals surface area contributed by atoms with Crippen LogP contribution in [0.15, 0.2) is 59.4 Å². The van der Waals surface area contributed by atoms with Crippen LogP contribution in [0.1, 0.15) is 16.7 Å². The fraction of sp³-hybridized carbons (Fsp3) is 0.190. The van der Waals surface area contributed by atoms with Crippen molar-refractivity contribution in [3.63, 3.8) is 0 Å². The van der Waals surface area contributed by atoms with E-state index in [-0.39, 0.29) is 18.0 Å². The second kappa shape index (κ2) is 7.35. The molecule has 5 heteroatoms. The summed E-state index contributed by atoms with van der Waals surface area (Å²) in [6.45, 7) is 5.79. The molecule has 0 bridgehead atoms. The summed E-state index contributed by atoms with van der Waals surface area (Å²) in [7, 11) is 0. The van der Waals surface area contributed by atoms with Crippen LogP contribution < -0.4 is 10.9 Å². The van der Waals surface area contributed by atoms with Crippen LogP contribution in [0.2, 0.25) is 0 Å². The van der Waals surface area contributed by atoms with Crippen molar-refractivity contribution in [3.8, 4) is 11.3 Å². The Labute approximate surface area is 152 Å². The van der Waals surface area contributed by atoms with Gasteiger partial charge in [0.1, 0.15) is 6.54 Å². The second-order valence-electron chi connectivity index (χ2n) is 6.33. The topological polar surface area (TPSA) is 64.0 Å². The number of rotatable bonds is 4. The van der Waals surface area contributed by atoms with Crippen LogP contribution in [0.25, 0.3) is 11.3 Å². The molecule has 132 valence electrons. The Bertz CT molecular complexity index is 1020. The van der Waals surface area contributed by atoms with Gasteiger partial charge in [-0.05, 0) is 49.6 Å². The molecular formula is C21H21N3O2. The van der Waals surface area contributed by atoms with Gasteiger partial charge in [-0.15, -0.1) is 0 Å². The molecular weight excluding hydrogens is 326 g/mol. The van der Waals surface area contributed by atoms with Crippen LogP contribution in [-0.4, -0.2) is 15.7 Å². The third-order valence-corrected chi connectivity index (χ3v) is 4.46. The minimum Gasteiger partial charge on any atom is -0.324 e. The Morgan fingerprint density at radius 1 is 0.962 bits per heavy atom. The van der Waals surface area contributed by atoms with Gasteiger partial charge in [0, 0.05) is 17.3 Å². The van der Waals surface area contributed by atoms with Crippen LogP contribution in [-0.2, 0) is 11.3 Å². The largest absolute Gasteiger partial charge is 0.324 e. The number of hydrogen-bond donors (Lipinski definition) is 1. The molecule has 0 aliphatic heterocycles. The summed E-state index contributed by atoms with van der Waals surface area (Å²) in [6, 6.07) is 16.7. The molecule has 0 unspecified atom stereocenters. The standard InChI is InChI=1S/C21H21N3O2/c1-14-8-6-10-18(16(14)3)22-20(25)13-24-21(26)12-11-19(23-24)17-9-5-4-7-15(17)2/h4-12H,13H2,1-3H3,(H,22,25). The number of aromatic nitrogens is 2. The Balaban J connectivity index is 1.84. The van der Waals surface area contributed by atoms with Gasteiger partial charge in [-0.3, -0.25) is 9.59 Å². The number of nitrogens with one attached hydrogen (secondary N) is 1. The quantitative estimate of drug-likeness (QED) is 0.786. The molecule has 5 nitrogen and oxygen atoms in total. The fourth-order valence-corrected chi connectivity index (χ4v) is 2.78. The average Bonchev–Trinajstić information content (AvgIpc) is 2.61. The van der Waals surface area contributed by atoms with Gasteiger partial charge in [-0.25, -0.2) is 4.68 Å². The number of hydrogen-bond acceptors (Lipinski definition) is 3. The van der Waals surface area contributed by atoms with Gasteiger partial charge in [0.25, 0.3) is 5.56 Å². The van der Waals surface area contributed by atoms with E-state index in [0.717, 1.165) is 27.9 Å². The molecule has 0 aliphatic rings. The first-order chi connectivity index (χ1) is 12.5. The second-order valence-corrected chi connectivity index (χ2v) is 6.33. The van der Waals surface area contributed by atoms with E-state index in [9.17, 15) is 9.59 Å². The van der Waals surface area contributed by atoms with Gasteiger partial charge in [0.2, 0.25) is 5.91 Å². The monoisotopic (exact) mass is 347 g/mol. The van der Waals surface area contributed by atoms with Crippen molar-refractivity contribution in [1.82, 2.24) is 9.78 Å². The molecule has 2 aromatic carbocycles. The van der Waals surface area contributed by atoms with E-state index < -0.39 is 0 Å². The minimum absolute atomic E-state index is 0.133. The summed E-state index contributed by atoms with van der Waals surface area (Å²) in [5.74, 6) is -0.282. The molecule has 3 rings (SSSR count). The van der Waals surface area contributed by atoms with Crippen molar-refractivity contribution in [2.45, 2.75) is 27.3 Å². The summed E-state index contributed by atoms with van der Waals surface area (Å²) >= 11 is 0. The normalized spacial score (nSPS) is 10.6. The number of anilines is 1. The van der Waals surface area contributed by atoms with Crippen molar-refractivity contribution >= 4 is 11.6 Å². The highest BCUT2D eigenvalue weighted by Gasteiger charge is 2.11. The van der Waals surface area contributed by atoms with Crippen LogP contribution in [0.3, 0.4) is 0 Å². The molecule has 0 saturated heterocycles. The van der Waals surface area contributed by atoms with Gasteiger partial charge in [-0.2, -0.15) is 5.10 Å². The Hall–Kier alpha value is -3.21. The number of carbonyl (C=O) groups excluding carboxylic acids is 1. The molecule has 26 heavy (non-hydrogen) atoms. The van der Waals surface area contributed by atoms with E-state index in [4.69, 9.17) is 0 Å². The highest BCUT2D eigenvalue weighted by Crippen LogP contribution is 2.20. The van der Waals surface area contributed by atoms with Gasteiger partial charge in [-0.1, -0.05) is 36.4 Å². The molecule has 0 radical (unpaired) electrons. The number of aryl methyl sites for hydroxylation is 2. The molecule has 0 fully saturated rings. The van der Waals surface area contributed by atoms with Gasteiger partial charge in [0.05, 0.1) is 5.69 Å². The summed E-state index contributed by atoms with van der Waals surface area (Å²) < 4.78 is 1.20. The third kappa shape index (κ3) is 3.72. The Morgan fingerprint density at radius 3 is 2.46 bits per heavy atom. The Morgan fingerprint density at radius 2 is 1.69 bits per heavy atom. The molecule has 0 saturated carbocycles. The van der Waals surface area contributed by atoms with E-state index in [2.05, 4.69) is 10.4 Å². The van der Waals surface area contributed by atoms with Gasteiger partial charge < -0.3 is 5.32 Å². The predicted octanol–water partition coefficient (Wildman–Crippen LogP) is 3.47. The third-order valence-electron chi connectivity index (χ3n) is 4.46. The number of benzene rings is 2. The summed E-state index contributed by atoms with van der Waals surface area (Å²) in [6.07, 6.45) is 0. The minimum atomic E-state index is -0.307. The molecule has 3 aromatic rings. The van der Waals surface area contributed by atoms with Crippen molar-refractivity contribution < 1.29 is 4.79 Å². The number of nitrogens with zero attached hydrogens (tertiary/aromatic N) is 2. The molecule has 1 N–H and O–H groups in total. The zero-order chi connectivity index (χ0) is 18.7. The van der Waals surface area contributed by atoms with E-state index in [1.807, 2.05) is 63.2 Å². The number of amides is 1. The van der Waals surface area contributed by atoms with Gasteiger partial charge >= 0.3 is 0 Å². The Kier molecular flexibility index (Phi) is 4.98. The molecule has 0 atom stereocenters. The molecule has 1 heterocycles. The smallest absolute Gasteiger partial charge is 0.267 e. The SMILES string of the molecule is Cc1ccccc1-c1ccc(=O)n(CC(=O)Nc2cccc(C)c2C)n1. The van der Waals surface area contributed by atoms with Crippen molar-refractivity contribution in [1.29, 1.82) is 0 Å². The van der Waals surface area contributed by atoms with Gasteiger partial charge in [0.15, 0.2) is 0 Å². The van der Waals surface area contributed by atoms with E-state index in [0.29, 0.717) is 5.69 Å². The average molecular weight is 347 g/mol. The van der Waals surface area contributed by atoms with Crippen LogP contribution in [0, 0.1) is 20.8 Å². The van der Waals surface area contributed by atoms with E-state index in [1.165, 1.54) is 10.7 Å². The van der Waals surface area contributed by atoms with Crippen LogP contribution >= 0.6 is 0 Å². The summed E-state index contributed by atoms with van der Waals surface area (Å²) in [5, 5.41) is 7.23.